The normalized spacial score (nSPS) is 22.9. The van der Waals surface area contributed by atoms with Gasteiger partial charge in [0.1, 0.15) is 10.5 Å². The lowest BCUT2D eigenvalue weighted by molar-refractivity contribution is 0.373. The summed E-state index contributed by atoms with van der Waals surface area (Å²) in [5, 5.41) is 0.618. The second-order valence-electron chi connectivity index (χ2n) is 5.29. The zero-order valence-electron chi connectivity index (χ0n) is 11.5. The highest BCUT2D eigenvalue weighted by Gasteiger charge is 2.26. The van der Waals surface area contributed by atoms with Crippen LogP contribution in [0.25, 0.3) is 11.0 Å². The molecule has 2 heterocycles. The molecule has 4 N–H and O–H groups in total. The van der Waals surface area contributed by atoms with Gasteiger partial charge in [0.2, 0.25) is 10.0 Å². The molecular formula is C13H19ClN4O2S. The van der Waals surface area contributed by atoms with Gasteiger partial charge in [-0.2, -0.15) is 0 Å². The van der Waals surface area contributed by atoms with Crippen LogP contribution in [-0.4, -0.2) is 30.5 Å². The van der Waals surface area contributed by atoms with E-state index >= 15 is 0 Å². The summed E-state index contributed by atoms with van der Waals surface area (Å²) < 4.78 is 27.7. The highest BCUT2D eigenvalue weighted by molar-refractivity contribution is 7.89. The molecular weight excluding hydrogens is 312 g/mol. The van der Waals surface area contributed by atoms with Crippen molar-refractivity contribution in [1.82, 2.24) is 14.7 Å². The Morgan fingerprint density at radius 2 is 2.00 bits per heavy atom. The summed E-state index contributed by atoms with van der Waals surface area (Å²) >= 11 is 0. The Kier molecular flexibility index (Phi) is 4.88. The van der Waals surface area contributed by atoms with Gasteiger partial charge in [0.05, 0.1) is 0 Å². The van der Waals surface area contributed by atoms with Gasteiger partial charge in [-0.25, -0.2) is 18.1 Å². The fraction of sp³-hybridized carbons (Fsp3) is 0.462. The van der Waals surface area contributed by atoms with Crippen LogP contribution in [0.15, 0.2) is 29.4 Å². The topological polar surface area (TPSA) is 101 Å². The summed E-state index contributed by atoms with van der Waals surface area (Å²) in [5.41, 5.74) is 6.42. The van der Waals surface area contributed by atoms with Crippen LogP contribution in [0.4, 0.5) is 0 Å². The molecule has 6 nitrogen and oxygen atoms in total. The largest absolute Gasteiger partial charge is 0.345 e. The Balaban J connectivity index is 0.00000161. The number of hydrogen-bond acceptors (Lipinski definition) is 4. The summed E-state index contributed by atoms with van der Waals surface area (Å²) in [4.78, 5) is 7.26. The maximum absolute atomic E-state index is 12.5. The number of hydrogen-bond donors (Lipinski definition) is 3. The number of aromatic nitrogens is 2. The van der Waals surface area contributed by atoms with E-state index in [-0.39, 0.29) is 29.4 Å². The number of aromatic amines is 1. The smallest absolute Gasteiger partial charge is 0.243 e. The monoisotopic (exact) mass is 330 g/mol. The van der Waals surface area contributed by atoms with Gasteiger partial charge < -0.3 is 10.7 Å². The van der Waals surface area contributed by atoms with Gasteiger partial charge in [0.15, 0.2) is 0 Å². The second-order valence-corrected chi connectivity index (χ2v) is 6.97. The van der Waals surface area contributed by atoms with Crippen LogP contribution in [0, 0.1) is 0 Å². The van der Waals surface area contributed by atoms with Crippen molar-refractivity contribution in [1.29, 1.82) is 0 Å². The van der Waals surface area contributed by atoms with E-state index in [4.69, 9.17) is 5.73 Å². The molecule has 0 radical (unpaired) electrons. The van der Waals surface area contributed by atoms with E-state index in [0.717, 1.165) is 25.7 Å². The molecule has 1 aliphatic carbocycles. The molecule has 0 saturated heterocycles. The molecule has 1 fully saturated rings. The van der Waals surface area contributed by atoms with Crippen molar-refractivity contribution in [2.24, 2.45) is 5.73 Å². The molecule has 0 amide bonds. The summed E-state index contributed by atoms with van der Waals surface area (Å²) in [6.45, 7) is 0. The minimum absolute atomic E-state index is 0. The predicted molar refractivity (Wildman–Crippen MR) is 83.9 cm³/mol. The number of pyridine rings is 1. The maximum atomic E-state index is 12.5. The van der Waals surface area contributed by atoms with Gasteiger partial charge in [-0.3, -0.25) is 0 Å². The molecule has 116 valence electrons. The van der Waals surface area contributed by atoms with Crippen LogP contribution in [-0.2, 0) is 10.0 Å². The molecule has 2 aromatic rings. The SMILES string of the molecule is Cl.NC1CCC(NS(=O)(=O)c2c[nH]c3ncccc23)CC1. The van der Waals surface area contributed by atoms with E-state index in [1.54, 1.807) is 18.3 Å². The Morgan fingerprint density at radius 1 is 1.29 bits per heavy atom. The zero-order chi connectivity index (χ0) is 14.2. The Morgan fingerprint density at radius 3 is 2.71 bits per heavy atom. The van der Waals surface area contributed by atoms with Crippen LogP contribution in [0.5, 0.6) is 0 Å². The van der Waals surface area contributed by atoms with Crippen LogP contribution in [0.3, 0.4) is 0 Å². The number of rotatable bonds is 3. The minimum atomic E-state index is -3.52. The molecule has 0 aromatic carbocycles. The van der Waals surface area contributed by atoms with Gasteiger partial charge in [-0.05, 0) is 37.8 Å². The third-order valence-electron chi connectivity index (χ3n) is 3.80. The van der Waals surface area contributed by atoms with Gasteiger partial charge in [0, 0.05) is 29.9 Å². The van der Waals surface area contributed by atoms with E-state index in [1.165, 1.54) is 6.20 Å². The lowest BCUT2D eigenvalue weighted by Gasteiger charge is -2.26. The first kappa shape index (κ1) is 16.2. The van der Waals surface area contributed by atoms with Crippen LogP contribution >= 0.6 is 12.4 Å². The van der Waals surface area contributed by atoms with E-state index < -0.39 is 10.0 Å². The Hall–Kier alpha value is -1.15. The number of H-pyrrole nitrogens is 1. The first-order chi connectivity index (χ1) is 9.56. The fourth-order valence-electron chi connectivity index (χ4n) is 2.67. The predicted octanol–water partition coefficient (Wildman–Crippen LogP) is 1.53. The van der Waals surface area contributed by atoms with Crippen LogP contribution in [0.1, 0.15) is 25.7 Å². The first-order valence-corrected chi connectivity index (χ1v) is 8.24. The molecule has 0 bridgehead atoms. The molecule has 0 aliphatic heterocycles. The molecule has 0 spiro atoms. The molecule has 21 heavy (non-hydrogen) atoms. The lowest BCUT2D eigenvalue weighted by atomic mass is 9.93. The van der Waals surface area contributed by atoms with Crippen molar-refractivity contribution < 1.29 is 8.42 Å². The Bertz CT molecular complexity index is 708. The molecule has 1 saturated carbocycles. The highest BCUT2D eigenvalue weighted by Crippen LogP contribution is 2.23. The average molecular weight is 331 g/mol. The van der Waals surface area contributed by atoms with Crippen LogP contribution < -0.4 is 10.5 Å². The van der Waals surface area contributed by atoms with Gasteiger partial charge in [0.25, 0.3) is 0 Å². The number of nitrogens with two attached hydrogens (primary N) is 1. The third-order valence-corrected chi connectivity index (χ3v) is 5.36. The number of halogens is 1. The summed E-state index contributed by atoms with van der Waals surface area (Å²) in [7, 11) is -3.52. The highest BCUT2D eigenvalue weighted by atomic mass is 35.5. The molecule has 3 rings (SSSR count). The Labute approximate surface area is 130 Å². The van der Waals surface area contributed by atoms with Crippen molar-refractivity contribution >= 4 is 33.5 Å². The summed E-state index contributed by atoms with van der Waals surface area (Å²) in [6, 6.07) is 3.66. The quantitative estimate of drug-likeness (QED) is 0.794. The van der Waals surface area contributed by atoms with Crippen molar-refractivity contribution in [2.75, 3.05) is 0 Å². The van der Waals surface area contributed by atoms with Gasteiger partial charge >= 0.3 is 0 Å². The van der Waals surface area contributed by atoms with Gasteiger partial charge in [-0.1, -0.05) is 0 Å². The van der Waals surface area contributed by atoms with E-state index in [9.17, 15) is 8.42 Å². The van der Waals surface area contributed by atoms with Gasteiger partial charge in [-0.15, -0.1) is 12.4 Å². The lowest BCUT2D eigenvalue weighted by Crippen LogP contribution is -2.40. The third kappa shape index (κ3) is 3.37. The van der Waals surface area contributed by atoms with Crippen molar-refractivity contribution in [3.8, 4) is 0 Å². The van der Waals surface area contributed by atoms with Crippen LogP contribution in [0.2, 0.25) is 0 Å². The minimum Gasteiger partial charge on any atom is -0.345 e. The standard InChI is InChI=1S/C13H18N4O2S.ClH/c14-9-3-5-10(6-4-9)17-20(18,19)12-8-16-13-11(12)2-1-7-15-13;/h1-2,7-10,17H,3-6,14H2,(H,15,16);1H. The molecule has 0 atom stereocenters. The number of nitrogens with zero attached hydrogens (tertiary/aromatic N) is 1. The van der Waals surface area contributed by atoms with Crippen molar-refractivity contribution in [3.05, 3.63) is 24.5 Å². The molecule has 0 unspecified atom stereocenters. The van der Waals surface area contributed by atoms with Crippen molar-refractivity contribution in [2.45, 2.75) is 42.7 Å². The summed E-state index contributed by atoms with van der Waals surface area (Å²) in [5.74, 6) is 0. The van der Waals surface area contributed by atoms with E-state index in [1.807, 2.05) is 0 Å². The zero-order valence-corrected chi connectivity index (χ0v) is 13.1. The first-order valence-electron chi connectivity index (χ1n) is 6.76. The van der Waals surface area contributed by atoms with E-state index in [0.29, 0.717) is 11.0 Å². The molecule has 2 aromatic heterocycles. The fourth-order valence-corrected chi connectivity index (χ4v) is 4.14. The number of nitrogens with one attached hydrogen (secondary N) is 2. The van der Waals surface area contributed by atoms with Crippen molar-refractivity contribution in [3.63, 3.8) is 0 Å². The number of fused-ring (bicyclic) bond motifs is 1. The van der Waals surface area contributed by atoms with E-state index in [2.05, 4.69) is 14.7 Å². The average Bonchev–Trinajstić information content (AvgIpc) is 2.86. The number of sulfonamides is 1. The summed E-state index contributed by atoms with van der Waals surface area (Å²) in [6.07, 6.45) is 6.44. The molecule has 1 aliphatic rings. The molecule has 8 heteroatoms. The maximum Gasteiger partial charge on any atom is 0.243 e. The second kappa shape index (κ2) is 6.31.